The Labute approximate surface area is 167 Å². The van der Waals surface area contributed by atoms with Crippen LogP contribution in [0.5, 0.6) is 0 Å². The standard InChI is InChI=1S/C23H29N3O2/c1-17(2)16-22(27)26-14-12-25(13-15-26)20-10-8-19(9-11-20)24-23(28)21-7-5-4-6-18(21)3/h4-11,17H,12-16H2,1-3H3,(H,24,28). The van der Waals surface area contributed by atoms with Crippen LogP contribution < -0.4 is 10.2 Å². The van der Waals surface area contributed by atoms with Gasteiger partial charge in [-0.1, -0.05) is 32.0 Å². The van der Waals surface area contributed by atoms with Crippen LogP contribution in [0.1, 0.15) is 36.2 Å². The highest BCUT2D eigenvalue weighted by Gasteiger charge is 2.21. The van der Waals surface area contributed by atoms with Crippen molar-refractivity contribution >= 4 is 23.2 Å². The molecule has 1 N–H and O–H groups in total. The molecule has 1 saturated heterocycles. The summed E-state index contributed by atoms with van der Waals surface area (Å²) in [6.45, 7) is 9.27. The SMILES string of the molecule is Cc1ccccc1C(=O)Nc1ccc(N2CCN(C(=O)CC(C)C)CC2)cc1. The number of benzene rings is 2. The van der Waals surface area contributed by atoms with Crippen molar-refractivity contribution in [2.45, 2.75) is 27.2 Å². The van der Waals surface area contributed by atoms with Gasteiger partial charge in [0, 0.05) is 49.5 Å². The summed E-state index contributed by atoms with van der Waals surface area (Å²) in [6.07, 6.45) is 0.620. The quantitative estimate of drug-likeness (QED) is 0.856. The third kappa shape index (κ3) is 4.91. The van der Waals surface area contributed by atoms with Crippen molar-refractivity contribution in [1.82, 2.24) is 4.90 Å². The number of piperazine rings is 1. The van der Waals surface area contributed by atoms with Gasteiger partial charge < -0.3 is 15.1 Å². The van der Waals surface area contributed by atoms with Crippen LogP contribution in [0.15, 0.2) is 48.5 Å². The highest BCUT2D eigenvalue weighted by Crippen LogP contribution is 2.21. The summed E-state index contributed by atoms with van der Waals surface area (Å²) in [5.41, 5.74) is 3.54. The molecule has 1 fully saturated rings. The molecule has 0 unspecified atom stereocenters. The Morgan fingerprint density at radius 1 is 0.964 bits per heavy atom. The molecule has 0 saturated carbocycles. The van der Waals surface area contributed by atoms with Gasteiger partial charge in [0.1, 0.15) is 0 Å². The van der Waals surface area contributed by atoms with Crippen LogP contribution in [0.2, 0.25) is 0 Å². The molecule has 2 amide bonds. The summed E-state index contributed by atoms with van der Waals surface area (Å²) < 4.78 is 0. The van der Waals surface area contributed by atoms with Crippen LogP contribution in [0.25, 0.3) is 0 Å². The van der Waals surface area contributed by atoms with Gasteiger partial charge in [0.2, 0.25) is 5.91 Å². The molecular weight excluding hydrogens is 350 g/mol. The van der Waals surface area contributed by atoms with E-state index >= 15 is 0 Å². The van der Waals surface area contributed by atoms with Gasteiger partial charge in [-0.3, -0.25) is 9.59 Å². The van der Waals surface area contributed by atoms with Crippen molar-refractivity contribution in [1.29, 1.82) is 0 Å². The molecule has 0 aromatic heterocycles. The molecule has 3 rings (SSSR count). The van der Waals surface area contributed by atoms with Crippen LogP contribution in [0, 0.1) is 12.8 Å². The van der Waals surface area contributed by atoms with E-state index in [1.807, 2.05) is 60.4 Å². The lowest BCUT2D eigenvalue weighted by atomic mass is 10.1. The average Bonchev–Trinajstić information content (AvgIpc) is 2.68. The second-order valence-corrected chi connectivity index (χ2v) is 7.78. The van der Waals surface area contributed by atoms with E-state index in [2.05, 4.69) is 24.1 Å². The van der Waals surface area contributed by atoms with Crippen molar-refractivity contribution in [2.75, 3.05) is 36.4 Å². The number of hydrogen-bond acceptors (Lipinski definition) is 3. The number of hydrogen-bond donors (Lipinski definition) is 1. The van der Waals surface area contributed by atoms with Gasteiger partial charge in [-0.2, -0.15) is 0 Å². The van der Waals surface area contributed by atoms with E-state index in [0.29, 0.717) is 17.9 Å². The van der Waals surface area contributed by atoms with Crippen molar-refractivity contribution in [3.63, 3.8) is 0 Å². The van der Waals surface area contributed by atoms with Gasteiger partial charge in [-0.25, -0.2) is 0 Å². The normalized spacial score (nSPS) is 14.3. The molecule has 5 heteroatoms. The Hall–Kier alpha value is -2.82. The second kappa shape index (κ2) is 8.91. The Morgan fingerprint density at radius 2 is 1.61 bits per heavy atom. The van der Waals surface area contributed by atoms with Crippen LogP contribution >= 0.6 is 0 Å². The highest BCUT2D eigenvalue weighted by molar-refractivity contribution is 6.05. The van der Waals surface area contributed by atoms with Crippen LogP contribution in [-0.2, 0) is 4.79 Å². The summed E-state index contributed by atoms with van der Waals surface area (Å²) >= 11 is 0. The summed E-state index contributed by atoms with van der Waals surface area (Å²) in [7, 11) is 0. The van der Waals surface area contributed by atoms with Gasteiger partial charge in [0.25, 0.3) is 5.91 Å². The lowest BCUT2D eigenvalue weighted by Crippen LogP contribution is -2.49. The van der Waals surface area contributed by atoms with Gasteiger partial charge in [0.05, 0.1) is 0 Å². The fourth-order valence-corrected chi connectivity index (χ4v) is 3.47. The lowest BCUT2D eigenvalue weighted by molar-refractivity contribution is -0.132. The first-order valence-electron chi connectivity index (χ1n) is 9.94. The largest absolute Gasteiger partial charge is 0.368 e. The van der Waals surface area contributed by atoms with Crippen LogP contribution in [-0.4, -0.2) is 42.9 Å². The summed E-state index contributed by atoms with van der Waals surface area (Å²) in [5, 5.41) is 2.96. The zero-order valence-corrected chi connectivity index (χ0v) is 16.9. The topological polar surface area (TPSA) is 52.7 Å². The Morgan fingerprint density at radius 3 is 2.21 bits per heavy atom. The van der Waals surface area contributed by atoms with Crippen molar-refractivity contribution < 1.29 is 9.59 Å². The molecule has 1 aliphatic heterocycles. The number of amides is 2. The fourth-order valence-electron chi connectivity index (χ4n) is 3.47. The van der Waals surface area contributed by atoms with Crippen LogP contribution in [0.3, 0.4) is 0 Å². The predicted molar refractivity (Wildman–Crippen MR) is 114 cm³/mol. The number of nitrogens with zero attached hydrogens (tertiary/aromatic N) is 2. The molecule has 28 heavy (non-hydrogen) atoms. The smallest absolute Gasteiger partial charge is 0.255 e. The molecule has 0 radical (unpaired) electrons. The van der Waals surface area contributed by atoms with Gasteiger partial charge in [-0.05, 0) is 48.7 Å². The number of nitrogens with one attached hydrogen (secondary N) is 1. The van der Waals surface area contributed by atoms with E-state index in [1.165, 1.54) is 0 Å². The minimum absolute atomic E-state index is 0.0943. The molecule has 148 valence electrons. The summed E-state index contributed by atoms with van der Waals surface area (Å²) in [5.74, 6) is 0.556. The van der Waals surface area contributed by atoms with E-state index < -0.39 is 0 Å². The second-order valence-electron chi connectivity index (χ2n) is 7.78. The van der Waals surface area contributed by atoms with E-state index in [1.54, 1.807) is 0 Å². The highest BCUT2D eigenvalue weighted by atomic mass is 16.2. The zero-order valence-electron chi connectivity index (χ0n) is 16.9. The maximum atomic E-state index is 12.4. The third-order valence-corrected chi connectivity index (χ3v) is 5.10. The number of rotatable bonds is 5. The first kappa shape index (κ1) is 19.9. The lowest BCUT2D eigenvalue weighted by Gasteiger charge is -2.36. The Bertz CT molecular complexity index is 822. The van der Waals surface area contributed by atoms with Gasteiger partial charge in [-0.15, -0.1) is 0 Å². The molecule has 5 nitrogen and oxygen atoms in total. The minimum Gasteiger partial charge on any atom is -0.368 e. The number of aryl methyl sites for hydroxylation is 1. The zero-order chi connectivity index (χ0) is 20.1. The monoisotopic (exact) mass is 379 g/mol. The van der Waals surface area contributed by atoms with E-state index in [9.17, 15) is 9.59 Å². The molecule has 2 aromatic rings. The summed E-state index contributed by atoms with van der Waals surface area (Å²) in [4.78, 5) is 28.9. The molecular formula is C23H29N3O2. The minimum atomic E-state index is -0.0943. The number of carbonyl (C=O) groups excluding carboxylic acids is 2. The van der Waals surface area contributed by atoms with E-state index in [4.69, 9.17) is 0 Å². The molecule has 1 aliphatic rings. The maximum absolute atomic E-state index is 12.4. The van der Waals surface area contributed by atoms with E-state index in [-0.39, 0.29) is 11.8 Å². The third-order valence-electron chi connectivity index (χ3n) is 5.10. The molecule has 0 spiro atoms. The first-order valence-corrected chi connectivity index (χ1v) is 9.94. The van der Waals surface area contributed by atoms with Crippen molar-refractivity contribution in [2.24, 2.45) is 5.92 Å². The summed E-state index contributed by atoms with van der Waals surface area (Å²) in [6, 6.07) is 15.5. The van der Waals surface area contributed by atoms with E-state index in [0.717, 1.165) is 43.1 Å². The Balaban J connectivity index is 1.56. The Kier molecular flexibility index (Phi) is 6.34. The molecule has 1 heterocycles. The first-order chi connectivity index (χ1) is 13.4. The van der Waals surface area contributed by atoms with Crippen molar-refractivity contribution in [3.8, 4) is 0 Å². The number of carbonyl (C=O) groups is 2. The molecule has 0 atom stereocenters. The van der Waals surface area contributed by atoms with Crippen molar-refractivity contribution in [3.05, 3.63) is 59.7 Å². The predicted octanol–water partition coefficient (Wildman–Crippen LogP) is 3.94. The van der Waals surface area contributed by atoms with Crippen LogP contribution in [0.4, 0.5) is 11.4 Å². The average molecular weight is 380 g/mol. The molecule has 0 bridgehead atoms. The molecule has 0 aliphatic carbocycles. The van der Waals surface area contributed by atoms with Gasteiger partial charge >= 0.3 is 0 Å². The maximum Gasteiger partial charge on any atom is 0.255 e. The fraction of sp³-hybridized carbons (Fsp3) is 0.391. The number of anilines is 2. The van der Waals surface area contributed by atoms with Gasteiger partial charge in [0.15, 0.2) is 0 Å². The molecule has 2 aromatic carbocycles.